The van der Waals surface area contributed by atoms with Gasteiger partial charge in [-0.2, -0.15) is 0 Å². The molecule has 0 heterocycles. The van der Waals surface area contributed by atoms with E-state index in [0.717, 1.165) is 5.41 Å². The van der Waals surface area contributed by atoms with Gasteiger partial charge in [0, 0.05) is 0 Å². The molecule has 0 saturated heterocycles. The first-order chi connectivity index (χ1) is 7.84. The topological polar surface area (TPSA) is 75.3 Å². The zero-order chi connectivity index (χ0) is 13.5. The van der Waals surface area contributed by atoms with Gasteiger partial charge in [0.25, 0.3) is 0 Å². The molecule has 0 bridgehead atoms. The third-order valence-electron chi connectivity index (χ3n) is 1.93. The average molecular weight is 411 g/mol. The van der Waals surface area contributed by atoms with Crippen molar-refractivity contribution in [3.8, 4) is 0 Å². The maximum absolute atomic E-state index is 11.7. The van der Waals surface area contributed by atoms with Gasteiger partial charge in [0.05, 0.1) is 0 Å². The third kappa shape index (κ3) is 8.43. The number of likely N-dealkylation sites (N-methyl/N-ethyl adjacent to an activating group) is 1. The molecule has 0 rings (SSSR count). The van der Waals surface area contributed by atoms with Crippen LogP contribution in [0.1, 0.15) is 13.3 Å². The summed E-state index contributed by atoms with van der Waals surface area (Å²) in [4.78, 5) is 11.7. The molecule has 0 aliphatic heterocycles. The van der Waals surface area contributed by atoms with Crippen molar-refractivity contribution in [3.05, 3.63) is 11.5 Å². The van der Waals surface area contributed by atoms with E-state index in [0.29, 0.717) is 6.42 Å². The number of rotatable bonds is 7. The standard InChI is InChI=1S/C8H18IN2O3P2S/c1-3-6(10-2)8(12)11-7(9-15)4-5-17(13,14)16/h4-7,10H,3,15-16H2,1-2H3,(H,11,12)/q-1/b5-4+. The Bertz CT molecular complexity index is 371. The van der Waals surface area contributed by atoms with Gasteiger partial charge < -0.3 is 0 Å². The van der Waals surface area contributed by atoms with Crippen LogP contribution in [0.2, 0.25) is 0 Å². The number of amides is 1. The van der Waals surface area contributed by atoms with Crippen LogP contribution in [0.4, 0.5) is 0 Å². The Morgan fingerprint density at radius 3 is 2.47 bits per heavy atom. The molecule has 2 N–H and O–H groups in total. The Morgan fingerprint density at radius 2 is 2.12 bits per heavy atom. The number of carbonyl (C=O) groups excluding carboxylic acids is 1. The van der Waals surface area contributed by atoms with Gasteiger partial charge in [0.2, 0.25) is 0 Å². The van der Waals surface area contributed by atoms with Crippen molar-refractivity contribution in [2.24, 2.45) is 0 Å². The first-order valence-electron chi connectivity index (χ1n) is 4.84. The van der Waals surface area contributed by atoms with Crippen molar-refractivity contribution in [1.82, 2.24) is 10.6 Å². The molecule has 4 unspecified atom stereocenters. The van der Waals surface area contributed by atoms with E-state index >= 15 is 0 Å². The van der Waals surface area contributed by atoms with Crippen LogP contribution in [-0.4, -0.2) is 31.5 Å². The third-order valence-corrected chi connectivity index (χ3v) is 6.26. The predicted molar refractivity (Wildman–Crippen MR) is 72.5 cm³/mol. The van der Waals surface area contributed by atoms with Crippen LogP contribution in [0.25, 0.3) is 0 Å². The van der Waals surface area contributed by atoms with Crippen molar-refractivity contribution in [1.29, 1.82) is 0 Å². The van der Waals surface area contributed by atoms with Gasteiger partial charge in [-0.25, -0.2) is 0 Å². The van der Waals surface area contributed by atoms with Gasteiger partial charge in [-0.3, -0.25) is 0 Å². The number of hydrogen-bond acceptors (Lipinski definition) is 4. The SMILES string of the molecule is CCC(NC)C(=O)NC(/C=C/S(=O)(=O)P)[I-]P. The Balaban J connectivity index is 4.51. The molecule has 102 valence electrons. The Morgan fingerprint density at radius 1 is 1.53 bits per heavy atom. The molecule has 0 radical (unpaired) electrons. The molecule has 0 saturated carbocycles. The van der Waals surface area contributed by atoms with E-state index in [2.05, 4.69) is 17.5 Å². The summed E-state index contributed by atoms with van der Waals surface area (Å²) < 4.78 is 21.7. The molecule has 17 heavy (non-hydrogen) atoms. The summed E-state index contributed by atoms with van der Waals surface area (Å²) >= 11 is -0.387. The summed E-state index contributed by atoms with van der Waals surface area (Å²) in [5.41, 5.74) is 0. The van der Waals surface area contributed by atoms with Gasteiger partial charge >= 0.3 is 117 Å². The summed E-state index contributed by atoms with van der Waals surface area (Å²) in [6.45, 7) is 4.50. The van der Waals surface area contributed by atoms with Crippen LogP contribution in [0, 0.1) is 0 Å². The van der Waals surface area contributed by atoms with Crippen molar-refractivity contribution in [2.75, 3.05) is 7.05 Å². The van der Waals surface area contributed by atoms with E-state index in [4.69, 9.17) is 0 Å². The van der Waals surface area contributed by atoms with Crippen molar-refractivity contribution in [3.63, 3.8) is 0 Å². The molecular weight excluding hydrogens is 393 g/mol. The minimum absolute atomic E-state index is 0.104. The monoisotopic (exact) mass is 411 g/mol. The molecule has 4 atom stereocenters. The Hall–Kier alpha value is 0.710. The second-order valence-electron chi connectivity index (χ2n) is 3.20. The summed E-state index contributed by atoms with van der Waals surface area (Å²) in [7, 11) is 0.255. The fourth-order valence-electron chi connectivity index (χ4n) is 1.06. The normalized spacial score (nSPS) is 16.0. The van der Waals surface area contributed by atoms with E-state index in [1.165, 1.54) is 6.08 Å². The molecule has 0 spiro atoms. The number of carbonyl (C=O) groups is 1. The zero-order valence-electron chi connectivity index (χ0n) is 9.68. The van der Waals surface area contributed by atoms with Crippen molar-refractivity contribution in [2.45, 2.75) is 23.4 Å². The van der Waals surface area contributed by atoms with Crippen LogP contribution < -0.4 is 31.3 Å². The molecule has 5 nitrogen and oxygen atoms in total. The molecule has 0 aromatic carbocycles. The van der Waals surface area contributed by atoms with Crippen LogP contribution in [0.3, 0.4) is 0 Å². The van der Waals surface area contributed by atoms with Gasteiger partial charge in [-0.15, -0.1) is 0 Å². The predicted octanol–water partition coefficient (Wildman–Crippen LogP) is -2.98. The van der Waals surface area contributed by atoms with Gasteiger partial charge in [-0.05, 0) is 0 Å². The minimum atomic E-state index is -3.22. The van der Waals surface area contributed by atoms with Crippen LogP contribution in [-0.2, 0) is 14.3 Å². The second-order valence-corrected chi connectivity index (χ2v) is 10.4. The number of halogens is 1. The van der Waals surface area contributed by atoms with E-state index in [1.54, 1.807) is 15.5 Å². The molecule has 0 aromatic rings. The average Bonchev–Trinajstić information content (AvgIpc) is 2.24. The molecule has 9 heteroatoms. The first-order valence-corrected chi connectivity index (χ1v) is 13.3. The van der Waals surface area contributed by atoms with Gasteiger partial charge in [0.15, 0.2) is 0 Å². The fourth-order valence-corrected chi connectivity index (χ4v) is 3.91. The van der Waals surface area contributed by atoms with E-state index in [-0.39, 0.29) is 36.7 Å². The molecule has 0 aromatic heterocycles. The molecular formula is C8H18IN2O3P2S-. The Labute approximate surface area is 117 Å². The molecule has 0 fully saturated rings. The summed E-state index contributed by atoms with van der Waals surface area (Å²) in [6, 6.07) is -0.237. The van der Waals surface area contributed by atoms with Crippen LogP contribution in [0.5, 0.6) is 0 Å². The summed E-state index contributed by atoms with van der Waals surface area (Å²) in [6.07, 6.45) is 2.21. The Kier molecular flexibility index (Phi) is 9.12. The quantitative estimate of drug-likeness (QED) is 0.203. The van der Waals surface area contributed by atoms with Crippen molar-refractivity contribution < 1.29 is 33.9 Å². The van der Waals surface area contributed by atoms with Crippen LogP contribution in [0.15, 0.2) is 11.5 Å². The van der Waals surface area contributed by atoms with E-state index < -0.39 is 9.46 Å². The maximum atomic E-state index is 11.7. The zero-order valence-corrected chi connectivity index (χ0v) is 15.0. The molecule has 1 amide bonds. The van der Waals surface area contributed by atoms with Gasteiger partial charge in [-0.1, -0.05) is 0 Å². The second kappa shape index (κ2) is 8.75. The first kappa shape index (κ1) is 17.7. The van der Waals surface area contributed by atoms with Crippen LogP contribution >= 0.6 is 15.3 Å². The molecule has 0 aliphatic rings. The number of alkyl halides is 1. The van der Waals surface area contributed by atoms with Crippen molar-refractivity contribution >= 4 is 30.7 Å². The number of hydrogen-bond donors (Lipinski definition) is 2. The fraction of sp³-hybridized carbons (Fsp3) is 0.625. The molecule has 0 aliphatic carbocycles. The van der Waals surface area contributed by atoms with E-state index in [9.17, 15) is 13.2 Å². The summed E-state index contributed by atoms with van der Waals surface area (Å²) in [5.74, 6) is -0.104. The van der Waals surface area contributed by atoms with E-state index in [1.807, 2.05) is 6.92 Å². The summed E-state index contributed by atoms with van der Waals surface area (Å²) in [5, 5.41) is 6.81. The number of nitrogens with one attached hydrogen (secondary N) is 2. The van der Waals surface area contributed by atoms with Gasteiger partial charge in [0.1, 0.15) is 0 Å².